The van der Waals surface area contributed by atoms with Gasteiger partial charge in [-0.1, -0.05) is 24.6 Å². The van der Waals surface area contributed by atoms with Crippen molar-refractivity contribution in [1.82, 2.24) is 19.7 Å². The van der Waals surface area contributed by atoms with E-state index in [0.717, 1.165) is 25.9 Å². The molecule has 1 aromatic heterocycles. The first-order chi connectivity index (χ1) is 10.6. The Morgan fingerprint density at radius 2 is 1.86 bits per heavy atom. The smallest absolute Gasteiger partial charge is 0.233 e. The number of nitrogens with zero attached hydrogens (tertiary/aromatic N) is 4. The van der Waals surface area contributed by atoms with E-state index in [4.69, 9.17) is 5.73 Å². The highest BCUT2D eigenvalue weighted by Crippen LogP contribution is 2.18. The second kappa shape index (κ2) is 8.17. The first-order valence-electron chi connectivity index (χ1n) is 7.65. The van der Waals surface area contributed by atoms with E-state index >= 15 is 0 Å². The number of carbonyl (C=O) groups excluding carboxylic acids is 2. The molecule has 1 fully saturated rings. The Morgan fingerprint density at radius 1 is 1.18 bits per heavy atom. The number of hydrogen-bond acceptors (Lipinski definition) is 5. The maximum atomic E-state index is 12.2. The molecular formula is C14H23N5O2S. The Kier molecular flexibility index (Phi) is 6.23. The zero-order valence-corrected chi connectivity index (χ0v) is 13.8. The van der Waals surface area contributed by atoms with E-state index in [2.05, 4.69) is 10.2 Å². The van der Waals surface area contributed by atoms with Crippen LogP contribution in [0, 0.1) is 0 Å². The topological polar surface area (TPSA) is 94.1 Å². The van der Waals surface area contributed by atoms with Crippen LogP contribution in [-0.2, 0) is 23.1 Å². The predicted molar refractivity (Wildman–Crippen MR) is 84.3 cm³/mol. The number of aryl methyl sites for hydroxylation is 1. The highest BCUT2D eigenvalue weighted by atomic mass is 32.2. The summed E-state index contributed by atoms with van der Waals surface area (Å²) >= 11 is 1.39. The van der Waals surface area contributed by atoms with Gasteiger partial charge in [0, 0.05) is 33.0 Å². The van der Waals surface area contributed by atoms with E-state index in [0.29, 0.717) is 23.2 Å². The quantitative estimate of drug-likeness (QED) is 0.778. The minimum Gasteiger partial charge on any atom is -0.370 e. The number of amides is 2. The second-order valence-electron chi connectivity index (χ2n) is 5.51. The van der Waals surface area contributed by atoms with Crippen LogP contribution >= 0.6 is 11.8 Å². The maximum absolute atomic E-state index is 12.2. The number of nitrogens with two attached hydrogens (primary N) is 1. The summed E-state index contributed by atoms with van der Waals surface area (Å²) in [5.41, 5.74) is 5.14. The van der Waals surface area contributed by atoms with Crippen LogP contribution in [0.15, 0.2) is 5.16 Å². The molecule has 0 aromatic carbocycles. The monoisotopic (exact) mass is 325 g/mol. The lowest BCUT2D eigenvalue weighted by molar-refractivity contribution is -0.128. The van der Waals surface area contributed by atoms with Crippen molar-refractivity contribution in [1.29, 1.82) is 0 Å². The molecular weight excluding hydrogens is 302 g/mol. The Bertz CT molecular complexity index is 523. The van der Waals surface area contributed by atoms with Crippen molar-refractivity contribution >= 4 is 23.6 Å². The molecule has 8 heteroatoms. The van der Waals surface area contributed by atoms with E-state index < -0.39 is 0 Å². The molecule has 1 aliphatic heterocycles. The lowest BCUT2D eigenvalue weighted by atomic mass is 10.2. The normalized spacial score (nSPS) is 15.6. The predicted octanol–water partition coefficient (Wildman–Crippen LogP) is 0.728. The van der Waals surface area contributed by atoms with E-state index in [1.54, 1.807) is 0 Å². The lowest BCUT2D eigenvalue weighted by Gasteiger charge is -2.19. The Morgan fingerprint density at radius 3 is 2.50 bits per heavy atom. The molecule has 122 valence electrons. The largest absolute Gasteiger partial charge is 0.370 e. The van der Waals surface area contributed by atoms with E-state index in [1.807, 2.05) is 16.5 Å². The molecule has 22 heavy (non-hydrogen) atoms. The summed E-state index contributed by atoms with van der Waals surface area (Å²) in [4.78, 5) is 25.0. The van der Waals surface area contributed by atoms with Crippen molar-refractivity contribution in [2.45, 2.75) is 43.7 Å². The summed E-state index contributed by atoms with van der Waals surface area (Å²) in [6.07, 6.45) is 5.34. The molecule has 1 aromatic rings. The average Bonchev–Trinajstić information content (AvgIpc) is 2.70. The second-order valence-corrected chi connectivity index (χ2v) is 6.45. The van der Waals surface area contributed by atoms with Crippen molar-refractivity contribution in [3.8, 4) is 0 Å². The van der Waals surface area contributed by atoms with Crippen LogP contribution in [0.4, 0.5) is 0 Å². The molecule has 0 atom stereocenters. The summed E-state index contributed by atoms with van der Waals surface area (Å²) in [6, 6.07) is 0. The van der Waals surface area contributed by atoms with Gasteiger partial charge >= 0.3 is 0 Å². The summed E-state index contributed by atoms with van der Waals surface area (Å²) in [6.45, 7) is 1.73. The van der Waals surface area contributed by atoms with Crippen molar-refractivity contribution < 1.29 is 9.59 Å². The van der Waals surface area contributed by atoms with Gasteiger partial charge in [-0.05, 0) is 12.8 Å². The number of aromatic nitrogens is 3. The Hall–Kier alpha value is -1.57. The van der Waals surface area contributed by atoms with E-state index in [9.17, 15) is 9.59 Å². The van der Waals surface area contributed by atoms with Gasteiger partial charge < -0.3 is 15.2 Å². The Balaban J connectivity index is 1.85. The Labute approximate surface area is 134 Å². The number of rotatable bonds is 6. The van der Waals surface area contributed by atoms with Gasteiger partial charge in [0.2, 0.25) is 11.8 Å². The van der Waals surface area contributed by atoms with Crippen molar-refractivity contribution in [3.63, 3.8) is 0 Å². The van der Waals surface area contributed by atoms with E-state index in [-0.39, 0.29) is 18.2 Å². The molecule has 0 bridgehead atoms. The van der Waals surface area contributed by atoms with Gasteiger partial charge in [0.05, 0.1) is 5.75 Å². The van der Waals surface area contributed by atoms with Gasteiger partial charge in [-0.25, -0.2) is 0 Å². The highest BCUT2D eigenvalue weighted by Gasteiger charge is 2.17. The SMILES string of the molecule is Cn1c(CCC(N)=O)nnc1SCC(=O)N1CCCCCC1. The number of hydrogen-bond donors (Lipinski definition) is 1. The summed E-state index contributed by atoms with van der Waals surface area (Å²) in [5, 5.41) is 8.83. The third kappa shape index (κ3) is 4.72. The third-order valence-corrected chi connectivity index (χ3v) is 4.81. The third-order valence-electron chi connectivity index (χ3n) is 3.80. The van der Waals surface area contributed by atoms with Crippen molar-refractivity contribution in [2.75, 3.05) is 18.8 Å². The number of likely N-dealkylation sites (tertiary alicyclic amines) is 1. The van der Waals surface area contributed by atoms with Crippen LogP contribution in [0.25, 0.3) is 0 Å². The zero-order chi connectivity index (χ0) is 15.9. The van der Waals surface area contributed by atoms with Crippen molar-refractivity contribution in [2.24, 2.45) is 12.8 Å². The molecule has 0 radical (unpaired) electrons. The van der Waals surface area contributed by atoms with Crippen molar-refractivity contribution in [3.05, 3.63) is 5.82 Å². The molecule has 2 heterocycles. The van der Waals surface area contributed by atoms with Crippen LogP contribution in [0.3, 0.4) is 0 Å². The summed E-state index contributed by atoms with van der Waals surface area (Å²) in [5.74, 6) is 0.896. The number of thioether (sulfide) groups is 1. The van der Waals surface area contributed by atoms with Gasteiger partial charge in [0.25, 0.3) is 0 Å². The molecule has 2 N–H and O–H groups in total. The van der Waals surface area contributed by atoms with Gasteiger partial charge in [-0.2, -0.15) is 0 Å². The standard InChI is InChI=1S/C14H23N5O2S/c1-18-12(7-6-11(15)20)16-17-14(18)22-10-13(21)19-8-4-2-3-5-9-19/h2-10H2,1H3,(H2,15,20). The van der Waals surface area contributed by atoms with Gasteiger partial charge in [-0.15, -0.1) is 10.2 Å². The summed E-state index contributed by atoms with van der Waals surface area (Å²) < 4.78 is 1.82. The maximum Gasteiger partial charge on any atom is 0.233 e. The van der Waals surface area contributed by atoms with Crippen LogP contribution in [0.2, 0.25) is 0 Å². The van der Waals surface area contributed by atoms with Gasteiger partial charge in [0.1, 0.15) is 5.82 Å². The van der Waals surface area contributed by atoms with Crippen LogP contribution in [0.1, 0.15) is 37.9 Å². The van der Waals surface area contributed by atoms with Crippen LogP contribution < -0.4 is 5.73 Å². The van der Waals surface area contributed by atoms with Crippen LogP contribution in [0.5, 0.6) is 0 Å². The molecule has 0 unspecified atom stereocenters. The lowest BCUT2D eigenvalue weighted by Crippen LogP contribution is -2.33. The summed E-state index contributed by atoms with van der Waals surface area (Å²) in [7, 11) is 1.84. The molecule has 7 nitrogen and oxygen atoms in total. The van der Waals surface area contributed by atoms with E-state index in [1.165, 1.54) is 24.6 Å². The first-order valence-corrected chi connectivity index (χ1v) is 8.63. The number of carbonyl (C=O) groups is 2. The van der Waals surface area contributed by atoms with Gasteiger partial charge in [-0.3, -0.25) is 9.59 Å². The molecule has 2 amide bonds. The fourth-order valence-corrected chi connectivity index (χ4v) is 3.29. The number of primary amides is 1. The average molecular weight is 325 g/mol. The molecule has 1 saturated heterocycles. The zero-order valence-electron chi connectivity index (χ0n) is 13.0. The molecule has 0 spiro atoms. The minimum absolute atomic E-state index is 0.161. The fraction of sp³-hybridized carbons (Fsp3) is 0.714. The first kappa shape index (κ1) is 16.8. The molecule has 2 rings (SSSR count). The molecule has 0 aliphatic carbocycles. The highest BCUT2D eigenvalue weighted by molar-refractivity contribution is 7.99. The molecule has 1 aliphatic rings. The molecule has 0 saturated carbocycles. The fourth-order valence-electron chi connectivity index (χ4n) is 2.46. The minimum atomic E-state index is -0.353. The van der Waals surface area contributed by atoms with Gasteiger partial charge in [0.15, 0.2) is 5.16 Å². The van der Waals surface area contributed by atoms with Crippen LogP contribution in [-0.4, -0.2) is 50.3 Å².